The molecule has 0 aliphatic heterocycles. The van der Waals surface area contributed by atoms with Crippen LogP contribution in [0.4, 0.5) is 0 Å². The molecule has 0 atom stereocenters. The Balaban J connectivity index is -0.000000292. The summed E-state index contributed by atoms with van der Waals surface area (Å²) in [5, 5.41) is 0. The van der Waals surface area contributed by atoms with Gasteiger partial charge in [0.05, 0.1) is 0 Å². The van der Waals surface area contributed by atoms with Crippen LogP contribution in [0.1, 0.15) is 87.0 Å². The summed E-state index contributed by atoms with van der Waals surface area (Å²) in [4.78, 5) is 12.3. The molecule has 0 spiro atoms. The van der Waals surface area contributed by atoms with Gasteiger partial charge in [-0.25, -0.2) is 0 Å². The van der Waals surface area contributed by atoms with E-state index in [0.29, 0.717) is 0 Å². The predicted molar refractivity (Wildman–Crippen MR) is 101 cm³/mol. The van der Waals surface area contributed by atoms with Gasteiger partial charge in [0.1, 0.15) is 0 Å². The first-order valence-electron chi connectivity index (χ1n) is 9.50. The number of carbonyl (C=O) groups is 1. The van der Waals surface area contributed by atoms with Crippen molar-refractivity contribution in [1.82, 2.24) is 4.90 Å². The van der Waals surface area contributed by atoms with Crippen molar-refractivity contribution >= 4 is 6.41 Å². The Morgan fingerprint density at radius 2 is 1.17 bits per heavy atom. The van der Waals surface area contributed by atoms with Crippen LogP contribution in [0.2, 0.25) is 0 Å². The second-order valence-electron chi connectivity index (χ2n) is 5.33. The summed E-state index contributed by atoms with van der Waals surface area (Å²) >= 11 is 0. The lowest BCUT2D eigenvalue weighted by Crippen LogP contribution is -2.24. The number of rotatable bonds is 12. The fourth-order valence-corrected chi connectivity index (χ4v) is 1.46. The van der Waals surface area contributed by atoms with Crippen molar-refractivity contribution in [2.75, 3.05) is 26.3 Å². The molecule has 4 heteroatoms. The molecule has 0 rings (SSSR count). The third kappa shape index (κ3) is 29.9. The van der Waals surface area contributed by atoms with E-state index in [4.69, 9.17) is 9.47 Å². The highest BCUT2D eigenvalue weighted by Crippen LogP contribution is 1.95. The fraction of sp³-hybridized carbons (Fsp3) is 0.947. The standard InChI is InChI=1S/C9H19NO.C6H14O2.C4H10/c1-3-5-7-10(9-11)8-6-4-2;1-4-7-6(3)8-5-2;1-3-4-2/h9H,3-8H2,1-2H3;6H,4-5H2,1-3H3;3-4H2,1-2H3. The number of nitrogens with zero attached hydrogens (tertiary/aromatic N) is 1. The van der Waals surface area contributed by atoms with Crippen molar-refractivity contribution in [3.05, 3.63) is 0 Å². The summed E-state index contributed by atoms with van der Waals surface area (Å²) in [5.41, 5.74) is 0. The molecule has 4 nitrogen and oxygen atoms in total. The molecule has 0 saturated heterocycles. The van der Waals surface area contributed by atoms with Crippen LogP contribution in [0.25, 0.3) is 0 Å². The second-order valence-corrected chi connectivity index (χ2v) is 5.33. The zero-order valence-electron chi connectivity index (χ0n) is 16.9. The summed E-state index contributed by atoms with van der Waals surface area (Å²) in [6.45, 7) is 17.8. The lowest BCUT2D eigenvalue weighted by atomic mass is 10.3. The van der Waals surface area contributed by atoms with Crippen LogP contribution in [0.15, 0.2) is 0 Å². The Morgan fingerprint density at radius 1 is 0.783 bits per heavy atom. The van der Waals surface area contributed by atoms with E-state index in [1.54, 1.807) is 0 Å². The van der Waals surface area contributed by atoms with Crippen LogP contribution >= 0.6 is 0 Å². The van der Waals surface area contributed by atoms with Crippen molar-refractivity contribution in [3.63, 3.8) is 0 Å². The SMILES string of the molecule is CCCC.CCCCN(C=O)CCCC.CCOC(C)OCC. The average Bonchev–Trinajstić information content (AvgIpc) is 2.56. The van der Waals surface area contributed by atoms with E-state index in [1.807, 2.05) is 25.7 Å². The van der Waals surface area contributed by atoms with E-state index in [-0.39, 0.29) is 6.29 Å². The third-order valence-corrected chi connectivity index (χ3v) is 3.05. The number of hydrogen-bond acceptors (Lipinski definition) is 3. The minimum absolute atomic E-state index is 0.0370. The Hall–Kier alpha value is -0.610. The van der Waals surface area contributed by atoms with Gasteiger partial charge in [0, 0.05) is 26.3 Å². The highest BCUT2D eigenvalue weighted by atomic mass is 16.7. The van der Waals surface area contributed by atoms with Crippen molar-refractivity contribution in [2.45, 2.75) is 93.3 Å². The molecule has 0 aliphatic carbocycles. The molecule has 0 fully saturated rings. The third-order valence-electron chi connectivity index (χ3n) is 3.05. The summed E-state index contributed by atoms with van der Waals surface area (Å²) in [6.07, 6.45) is 8.15. The molecule has 1 amide bonds. The molecule has 142 valence electrons. The molecule has 0 N–H and O–H groups in total. The monoisotopic (exact) mass is 333 g/mol. The molecule has 0 bridgehead atoms. The van der Waals surface area contributed by atoms with Gasteiger partial charge in [-0.3, -0.25) is 4.79 Å². The van der Waals surface area contributed by atoms with Gasteiger partial charge < -0.3 is 14.4 Å². The van der Waals surface area contributed by atoms with Gasteiger partial charge in [-0.2, -0.15) is 0 Å². The Labute approximate surface area is 145 Å². The van der Waals surface area contributed by atoms with Gasteiger partial charge in [0.15, 0.2) is 6.29 Å². The molecule has 0 radical (unpaired) electrons. The molecular weight excluding hydrogens is 290 g/mol. The van der Waals surface area contributed by atoms with Gasteiger partial charge >= 0.3 is 0 Å². The van der Waals surface area contributed by atoms with Crippen LogP contribution in [0.5, 0.6) is 0 Å². The Kier molecular flexibility index (Phi) is 31.2. The largest absolute Gasteiger partial charge is 0.353 e. The normalized spacial score (nSPS) is 9.57. The van der Waals surface area contributed by atoms with Crippen molar-refractivity contribution in [3.8, 4) is 0 Å². The van der Waals surface area contributed by atoms with Crippen LogP contribution in [-0.2, 0) is 14.3 Å². The van der Waals surface area contributed by atoms with E-state index in [9.17, 15) is 4.79 Å². The number of amides is 1. The van der Waals surface area contributed by atoms with E-state index in [1.165, 1.54) is 12.8 Å². The van der Waals surface area contributed by atoms with E-state index >= 15 is 0 Å². The highest BCUT2D eigenvalue weighted by molar-refractivity contribution is 5.46. The fourth-order valence-electron chi connectivity index (χ4n) is 1.46. The molecule has 0 heterocycles. The maximum absolute atomic E-state index is 10.4. The second kappa shape index (κ2) is 26.3. The first-order valence-corrected chi connectivity index (χ1v) is 9.50. The van der Waals surface area contributed by atoms with Crippen LogP contribution in [0.3, 0.4) is 0 Å². The first-order chi connectivity index (χ1) is 11.1. The lowest BCUT2D eigenvalue weighted by Gasteiger charge is -2.15. The van der Waals surface area contributed by atoms with Gasteiger partial charge in [-0.15, -0.1) is 0 Å². The smallest absolute Gasteiger partial charge is 0.209 e. The lowest BCUT2D eigenvalue weighted by molar-refractivity contribution is -0.123. The van der Waals surface area contributed by atoms with Gasteiger partial charge in [-0.05, 0) is 33.6 Å². The molecule has 0 unspecified atom stereocenters. The molecular formula is C19H43NO3. The first kappa shape index (κ1) is 27.2. The summed E-state index contributed by atoms with van der Waals surface area (Å²) in [7, 11) is 0. The minimum Gasteiger partial charge on any atom is -0.353 e. The number of carbonyl (C=O) groups excluding carboxylic acids is 1. The van der Waals surface area contributed by atoms with Crippen molar-refractivity contribution < 1.29 is 14.3 Å². The predicted octanol–water partition coefficient (Wildman–Crippen LogP) is 5.26. The maximum Gasteiger partial charge on any atom is 0.209 e. The average molecular weight is 334 g/mol. The Morgan fingerprint density at radius 3 is 1.39 bits per heavy atom. The van der Waals surface area contributed by atoms with Crippen molar-refractivity contribution in [2.24, 2.45) is 0 Å². The van der Waals surface area contributed by atoms with Crippen molar-refractivity contribution in [1.29, 1.82) is 0 Å². The minimum atomic E-state index is -0.0370. The van der Waals surface area contributed by atoms with Gasteiger partial charge in [0.25, 0.3) is 0 Å². The number of unbranched alkanes of at least 4 members (excludes halogenated alkanes) is 3. The summed E-state index contributed by atoms with van der Waals surface area (Å²) in [6, 6.07) is 0. The van der Waals surface area contributed by atoms with Crippen LogP contribution in [0, 0.1) is 0 Å². The number of ether oxygens (including phenoxy) is 2. The van der Waals surface area contributed by atoms with E-state index < -0.39 is 0 Å². The molecule has 23 heavy (non-hydrogen) atoms. The van der Waals surface area contributed by atoms with Gasteiger partial charge in [0.2, 0.25) is 6.41 Å². The Bertz CT molecular complexity index is 185. The zero-order valence-corrected chi connectivity index (χ0v) is 16.9. The quantitative estimate of drug-likeness (QED) is 0.361. The summed E-state index contributed by atoms with van der Waals surface area (Å²) in [5.74, 6) is 0. The van der Waals surface area contributed by atoms with Crippen LogP contribution < -0.4 is 0 Å². The maximum atomic E-state index is 10.4. The molecule has 0 aromatic heterocycles. The van der Waals surface area contributed by atoms with Gasteiger partial charge in [-0.1, -0.05) is 53.4 Å². The molecule has 0 aliphatic rings. The highest BCUT2D eigenvalue weighted by Gasteiger charge is 1.97. The summed E-state index contributed by atoms with van der Waals surface area (Å²) < 4.78 is 10.1. The van der Waals surface area contributed by atoms with E-state index in [0.717, 1.165) is 58.4 Å². The molecule has 0 aromatic carbocycles. The molecule has 0 saturated carbocycles. The topological polar surface area (TPSA) is 38.8 Å². The van der Waals surface area contributed by atoms with Crippen LogP contribution in [-0.4, -0.2) is 43.9 Å². The zero-order chi connectivity index (χ0) is 18.3. The number of hydrogen-bond donors (Lipinski definition) is 0. The molecule has 0 aromatic rings. The van der Waals surface area contributed by atoms with E-state index in [2.05, 4.69) is 27.7 Å².